The van der Waals surface area contributed by atoms with Crippen LogP contribution in [0, 0.1) is 19.8 Å². The van der Waals surface area contributed by atoms with Crippen LogP contribution in [0.5, 0.6) is 0 Å². The van der Waals surface area contributed by atoms with E-state index < -0.39 is 0 Å². The average molecular weight is 516 g/mol. The van der Waals surface area contributed by atoms with E-state index in [0.29, 0.717) is 12.1 Å². The van der Waals surface area contributed by atoms with Gasteiger partial charge in [-0.05, 0) is 73.6 Å². The summed E-state index contributed by atoms with van der Waals surface area (Å²) in [5.41, 5.74) is 7.02. The molecule has 0 radical (unpaired) electrons. The molecule has 0 aliphatic heterocycles. The molecule has 1 fully saturated rings. The molecule has 1 unspecified atom stereocenters. The van der Waals surface area contributed by atoms with Crippen molar-refractivity contribution < 1.29 is 9.59 Å². The van der Waals surface area contributed by atoms with Crippen LogP contribution in [-0.2, 0) is 11.3 Å². The minimum Gasteiger partial charge on any atom is -0.321 e. The number of para-hydroxylation sites is 1. The number of aryl methyl sites for hydroxylation is 2. The number of imide groups is 1. The third kappa shape index (κ3) is 4.85. The van der Waals surface area contributed by atoms with E-state index in [9.17, 15) is 9.59 Å². The largest absolute Gasteiger partial charge is 0.321 e. The molecule has 5 heteroatoms. The Balaban J connectivity index is 1.30. The minimum absolute atomic E-state index is 0.207. The predicted octanol–water partition coefficient (Wildman–Crippen LogP) is 7.09. The molecule has 0 saturated heterocycles. The van der Waals surface area contributed by atoms with Crippen LogP contribution in [0.3, 0.4) is 0 Å². The van der Waals surface area contributed by atoms with E-state index in [-0.39, 0.29) is 23.7 Å². The molecule has 1 N–H and O–H groups in total. The zero-order valence-electron chi connectivity index (χ0n) is 22.5. The Kier molecular flexibility index (Phi) is 6.74. The Bertz CT molecular complexity index is 1660. The first-order chi connectivity index (χ1) is 19.0. The third-order valence-electron chi connectivity index (χ3n) is 8.15. The summed E-state index contributed by atoms with van der Waals surface area (Å²) in [6.45, 7) is 4.88. The highest BCUT2D eigenvalue weighted by Gasteiger charge is 2.33. The summed E-state index contributed by atoms with van der Waals surface area (Å²) < 4.78 is 2.29. The van der Waals surface area contributed by atoms with Crippen LogP contribution >= 0.6 is 0 Å². The van der Waals surface area contributed by atoms with E-state index in [0.717, 1.165) is 48.2 Å². The van der Waals surface area contributed by atoms with Crippen LogP contribution in [0.2, 0.25) is 0 Å². The molecule has 1 aliphatic carbocycles. The summed E-state index contributed by atoms with van der Waals surface area (Å²) in [5, 5.41) is 5.10. The monoisotopic (exact) mass is 515 g/mol. The molecular formula is C34H33N3O2. The normalized spacial score (nSPS) is 14.6. The van der Waals surface area contributed by atoms with Crippen molar-refractivity contribution >= 4 is 33.8 Å². The van der Waals surface area contributed by atoms with Gasteiger partial charge in [-0.1, -0.05) is 73.5 Å². The molecule has 5 aromatic rings. The number of carbonyl (C=O) groups is 2. The lowest BCUT2D eigenvalue weighted by Crippen LogP contribution is -2.37. The van der Waals surface area contributed by atoms with Gasteiger partial charge in [0.1, 0.15) is 5.65 Å². The molecule has 1 saturated carbocycles. The van der Waals surface area contributed by atoms with Gasteiger partial charge >= 0.3 is 0 Å². The second kappa shape index (κ2) is 10.5. The lowest BCUT2D eigenvalue weighted by Gasteiger charge is -2.23. The predicted molar refractivity (Wildman–Crippen MR) is 156 cm³/mol. The molecule has 0 bridgehead atoms. The molecule has 2 heterocycles. The molecule has 0 spiro atoms. The SMILES string of the molecule is Cc1cc(C)c2c3ccccc3n(Cc3ccc(C(C(=O)NC(=O)c4ccccc4)C4CCCC4)cc3)c2n1. The number of fused-ring (bicyclic) bond motifs is 3. The summed E-state index contributed by atoms with van der Waals surface area (Å²) in [6, 6.07) is 27.9. The summed E-state index contributed by atoms with van der Waals surface area (Å²) in [4.78, 5) is 31.1. The van der Waals surface area contributed by atoms with Crippen LogP contribution in [0.4, 0.5) is 0 Å². The second-order valence-corrected chi connectivity index (χ2v) is 10.8. The van der Waals surface area contributed by atoms with Crippen LogP contribution in [-0.4, -0.2) is 21.4 Å². The van der Waals surface area contributed by atoms with Crippen molar-refractivity contribution in [1.29, 1.82) is 0 Å². The smallest absolute Gasteiger partial charge is 0.257 e. The summed E-state index contributed by atoms with van der Waals surface area (Å²) in [5.74, 6) is -0.646. The lowest BCUT2D eigenvalue weighted by molar-refractivity contribution is -0.122. The van der Waals surface area contributed by atoms with Gasteiger partial charge < -0.3 is 4.57 Å². The minimum atomic E-state index is -0.343. The Hall–Kier alpha value is -4.25. The maximum absolute atomic E-state index is 13.5. The van der Waals surface area contributed by atoms with E-state index in [2.05, 4.69) is 71.4 Å². The zero-order valence-corrected chi connectivity index (χ0v) is 22.5. The molecule has 196 valence electrons. The first-order valence-electron chi connectivity index (χ1n) is 13.8. The molecule has 39 heavy (non-hydrogen) atoms. The Morgan fingerprint density at radius 2 is 1.62 bits per heavy atom. The highest BCUT2D eigenvalue weighted by Crippen LogP contribution is 2.38. The molecule has 2 aromatic heterocycles. The van der Waals surface area contributed by atoms with Gasteiger partial charge in [0.15, 0.2) is 0 Å². The van der Waals surface area contributed by atoms with Gasteiger partial charge in [0, 0.05) is 28.6 Å². The zero-order chi connectivity index (χ0) is 26.9. The summed E-state index contributed by atoms with van der Waals surface area (Å²) in [6.07, 6.45) is 4.26. The fourth-order valence-electron chi connectivity index (χ4n) is 6.33. The number of nitrogens with one attached hydrogen (secondary N) is 1. The van der Waals surface area contributed by atoms with E-state index in [1.54, 1.807) is 12.1 Å². The van der Waals surface area contributed by atoms with Crippen molar-refractivity contribution in [2.24, 2.45) is 5.92 Å². The molecule has 6 rings (SSSR count). The fourth-order valence-corrected chi connectivity index (χ4v) is 6.33. The maximum Gasteiger partial charge on any atom is 0.257 e. The third-order valence-corrected chi connectivity index (χ3v) is 8.15. The molecule has 1 atom stereocenters. The van der Waals surface area contributed by atoms with E-state index in [1.807, 2.05) is 25.1 Å². The van der Waals surface area contributed by atoms with Crippen LogP contribution < -0.4 is 5.32 Å². The molecule has 3 aromatic carbocycles. The number of carbonyl (C=O) groups excluding carboxylic acids is 2. The fraction of sp³-hybridized carbons (Fsp3) is 0.265. The molecular weight excluding hydrogens is 482 g/mol. The molecule has 2 amide bonds. The highest BCUT2D eigenvalue weighted by atomic mass is 16.2. The summed E-state index contributed by atoms with van der Waals surface area (Å²) >= 11 is 0. The number of nitrogens with zero attached hydrogens (tertiary/aromatic N) is 2. The number of hydrogen-bond acceptors (Lipinski definition) is 3. The van der Waals surface area contributed by atoms with Crippen molar-refractivity contribution in [2.45, 2.75) is 52.0 Å². The molecule has 5 nitrogen and oxygen atoms in total. The number of amides is 2. The highest BCUT2D eigenvalue weighted by molar-refractivity contribution is 6.08. The quantitative estimate of drug-likeness (QED) is 0.263. The van der Waals surface area contributed by atoms with Gasteiger partial charge in [0.25, 0.3) is 5.91 Å². The van der Waals surface area contributed by atoms with Crippen molar-refractivity contribution in [3.8, 4) is 0 Å². The first-order valence-corrected chi connectivity index (χ1v) is 13.8. The van der Waals surface area contributed by atoms with Crippen molar-refractivity contribution in [1.82, 2.24) is 14.9 Å². The Morgan fingerprint density at radius 3 is 2.36 bits per heavy atom. The number of rotatable bonds is 6. The van der Waals surface area contributed by atoms with Gasteiger partial charge in [0.05, 0.1) is 11.4 Å². The Labute approximate surface area is 228 Å². The van der Waals surface area contributed by atoms with Gasteiger partial charge in [-0.15, -0.1) is 0 Å². The van der Waals surface area contributed by atoms with Gasteiger partial charge in [-0.2, -0.15) is 0 Å². The van der Waals surface area contributed by atoms with Gasteiger partial charge in [-0.3, -0.25) is 14.9 Å². The Morgan fingerprint density at radius 1 is 0.923 bits per heavy atom. The van der Waals surface area contributed by atoms with Gasteiger partial charge in [0.2, 0.25) is 5.91 Å². The topological polar surface area (TPSA) is 64.0 Å². The number of pyridine rings is 1. The van der Waals surface area contributed by atoms with Crippen molar-refractivity contribution in [3.63, 3.8) is 0 Å². The van der Waals surface area contributed by atoms with Gasteiger partial charge in [-0.25, -0.2) is 4.98 Å². The standard InChI is InChI=1S/C34H33N3O2/c1-22-20-23(2)35-32-30(22)28-14-8-9-15-29(28)37(32)21-24-16-18-26(19-17-24)31(25-10-6-7-11-25)34(39)36-33(38)27-12-4-3-5-13-27/h3-5,8-9,12-20,25,31H,6-7,10-11,21H2,1-2H3,(H,36,38,39). The molecule has 1 aliphatic rings. The lowest BCUT2D eigenvalue weighted by atomic mass is 9.83. The van der Waals surface area contributed by atoms with Crippen molar-refractivity contribution in [2.75, 3.05) is 0 Å². The van der Waals surface area contributed by atoms with E-state index in [4.69, 9.17) is 4.98 Å². The first kappa shape index (κ1) is 25.1. The maximum atomic E-state index is 13.5. The second-order valence-electron chi connectivity index (χ2n) is 10.8. The van der Waals surface area contributed by atoms with Crippen LogP contribution in [0.1, 0.15) is 64.3 Å². The summed E-state index contributed by atoms with van der Waals surface area (Å²) in [7, 11) is 0. The number of benzene rings is 3. The van der Waals surface area contributed by atoms with E-state index >= 15 is 0 Å². The van der Waals surface area contributed by atoms with E-state index in [1.165, 1.54) is 21.9 Å². The van der Waals surface area contributed by atoms with Crippen LogP contribution in [0.25, 0.3) is 21.9 Å². The number of aromatic nitrogens is 2. The van der Waals surface area contributed by atoms with Crippen molar-refractivity contribution in [3.05, 3.63) is 113 Å². The number of hydrogen-bond donors (Lipinski definition) is 1. The average Bonchev–Trinajstić information content (AvgIpc) is 3.57. The van der Waals surface area contributed by atoms with Crippen LogP contribution in [0.15, 0.2) is 84.9 Å².